The zero-order chi connectivity index (χ0) is 28.5. The van der Waals surface area contributed by atoms with Gasteiger partial charge >= 0.3 is 0 Å². The van der Waals surface area contributed by atoms with Crippen LogP contribution >= 0.6 is 0 Å². The fraction of sp³-hybridized carbons (Fsp3) is 0.971. The van der Waals surface area contributed by atoms with E-state index >= 15 is 0 Å². The van der Waals surface area contributed by atoms with Crippen molar-refractivity contribution in [3.05, 3.63) is 0 Å². The van der Waals surface area contributed by atoms with E-state index in [-0.39, 0.29) is 0 Å². The number of Topliss-reactive ketones (excluding diaryl/α,β-unsaturated/α-hetero) is 1. The fourth-order valence-corrected chi connectivity index (χ4v) is 5.81. The number of ketones is 1. The van der Waals surface area contributed by atoms with Crippen LogP contribution in [0.3, 0.4) is 0 Å². The van der Waals surface area contributed by atoms with Gasteiger partial charge < -0.3 is 9.47 Å². The Balaban J connectivity index is 3.99. The van der Waals surface area contributed by atoms with Crippen molar-refractivity contribution in [2.45, 2.75) is 183 Å². The van der Waals surface area contributed by atoms with Crippen LogP contribution in [0.15, 0.2) is 0 Å². The first kappa shape index (κ1) is 37.6. The number of hydrogen-bond acceptors (Lipinski definition) is 3. The van der Waals surface area contributed by atoms with Gasteiger partial charge in [0.05, 0.1) is 19.3 Å². The number of carbonyl (C=O) groups is 1. The van der Waals surface area contributed by atoms with Gasteiger partial charge in [-0.1, -0.05) is 119 Å². The van der Waals surface area contributed by atoms with Gasteiger partial charge in [0, 0.05) is 19.4 Å². The molecule has 0 aliphatic heterocycles. The predicted molar refractivity (Wildman–Crippen MR) is 167 cm³/mol. The molecule has 0 aliphatic carbocycles. The highest BCUT2D eigenvalue weighted by molar-refractivity contribution is 5.78. The third-order valence-corrected chi connectivity index (χ3v) is 8.51. The Bertz CT molecular complexity index is 515. The summed E-state index contributed by atoms with van der Waals surface area (Å²) >= 11 is 0. The lowest BCUT2D eigenvalue weighted by Crippen LogP contribution is -2.24. The molecule has 0 amide bonds. The van der Waals surface area contributed by atoms with Gasteiger partial charge in [-0.05, 0) is 62.7 Å². The van der Waals surface area contributed by atoms with Gasteiger partial charge in [0.25, 0.3) is 0 Å². The van der Waals surface area contributed by atoms with Crippen molar-refractivity contribution in [1.82, 2.24) is 0 Å². The molecular weight excluding hydrogens is 468 g/mol. The van der Waals surface area contributed by atoms with Crippen LogP contribution in [0.5, 0.6) is 0 Å². The molecule has 0 aromatic heterocycles. The highest BCUT2D eigenvalue weighted by Gasteiger charge is 2.20. The molecular formula is C35H70O3. The predicted octanol–water partition coefficient (Wildman–Crippen LogP) is 11.1. The van der Waals surface area contributed by atoms with Crippen LogP contribution in [-0.4, -0.2) is 31.7 Å². The lowest BCUT2D eigenvalue weighted by Gasteiger charge is -2.27. The maximum Gasteiger partial charge on any atom is 0.132 e. The first-order chi connectivity index (χ1) is 18.3. The molecule has 3 atom stereocenters. The van der Waals surface area contributed by atoms with Gasteiger partial charge in [-0.3, -0.25) is 4.79 Å². The van der Waals surface area contributed by atoms with Gasteiger partial charge in [-0.2, -0.15) is 0 Å². The summed E-state index contributed by atoms with van der Waals surface area (Å²) in [6.07, 6.45) is 24.6. The van der Waals surface area contributed by atoms with E-state index in [0.29, 0.717) is 29.8 Å². The van der Waals surface area contributed by atoms with Crippen LogP contribution in [-0.2, 0) is 14.3 Å². The van der Waals surface area contributed by atoms with Crippen molar-refractivity contribution in [3.8, 4) is 0 Å². The summed E-state index contributed by atoms with van der Waals surface area (Å²) in [6.45, 7) is 18.3. The van der Waals surface area contributed by atoms with E-state index in [1.165, 1.54) is 96.3 Å². The normalized spacial score (nSPS) is 14.5. The Morgan fingerprint density at radius 2 is 1.29 bits per heavy atom. The molecule has 0 aliphatic rings. The molecule has 228 valence electrons. The van der Waals surface area contributed by atoms with Crippen LogP contribution in [0.2, 0.25) is 0 Å². The van der Waals surface area contributed by atoms with Crippen molar-refractivity contribution in [1.29, 1.82) is 0 Å². The topological polar surface area (TPSA) is 35.5 Å². The highest BCUT2D eigenvalue weighted by atomic mass is 16.5. The summed E-state index contributed by atoms with van der Waals surface area (Å²) in [6, 6.07) is 0. The standard InChI is InChI=1S/C35H70O3/c1-8-11-12-13-15-18-23-32(5)34(38-29-28-37-10-3)26-20-17-14-16-19-24-33(36)25-21-22-27-35(6,7)30-31(4)9-2/h31-32,34H,8-30H2,1-7H3. The van der Waals surface area contributed by atoms with Gasteiger partial charge in [-0.15, -0.1) is 0 Å². The lowest BCUT2D eigenvalue weighted by atomic mass is 9.78. The number of unbranched alkanes of at least 4 members (excludes halogenated alkanes) is 10. The van der Waals surface area contributed by atoms with E-state index in [4.69, 9.17) is 9.47 Å². The van der Waals surface area contributed by atoms with Crippen LogP contribution in [0.1, 0.15) is 177 Å². The first-order valence-electron chi connectivity index (χ1n) is 17.0. The minimum absolute atomic E-state index is 0.364. The summed E-state index contributed by atoms with van der Waals surface area (Å²) in [4.78, 5) is 12.3. The second kappa shape index (κ2) is 25.6. The molecule has 38 heavy (non-hydrogen) atoms. The second-order valence-electron chi connectivity index (χ2n) is 13.1. The SMILES string of the molecule is CCCCCCCCC(C)C(CCCCCCCC(=O)CCCCC(C)(C)CC(C)CC)OCCOCC. The summed E-state index contributed by atoms with van der Waals surface area (Å²) in [5, 5.41) is 0. The summed E-state index contributed by atoms with van der Waals surface area (Å²) in [7, 11) is 0. The van der Waals surface area contributed by atoms with E-state index in [2.05, 4.69) is 41.5 Å². The molecule has 0 aromatic rings. The number of rotatable bonds is 29. The van der Waals surface area contributed by atoms with Crippen molar-refractivity contribution in [2.24, 2.45) is 17.3 Å². The van der Waals surface area contributed by atoms with Crippen molar-refractivity contribution >= 4 is 5.78 Å². The largest absolute Gasteiger partial charge is 0.379 e. The average molecular weight is 539 g/mol. The van der Waals surface area contributed by atoms with E-state index < -0.39 is 0 Å². The molecule has 0 bridgehead atoms. The molecule has 0 aromatic carbocycles. The Morgan fingerprint density at radius 3 is 1.92 bits per heavy atom. The minimum Gasteiger partial charge on any atom is -0.379 e. The summed E-state index contributed by atoms with van der Waals surface area (Å²) in [5.74, 6) is 1.91. The maximum absolute atomic E-state index is 12.3. The molecule has 0 fully saturated rings. The van der Waals surface area contributed by atoms with Crippen LogP contribution in [0.4, 0.5) is 0 Å². The van der Waals surface area contributed by atoms with Gasteiger partial charge in [0.15, 0.2) is 0 Å². The van der Waals surface area contributed by atoms with E-state index in [9.17, 15) is 4.79 Å². The molecule has 3 unspecified atom stereocenters. The van der Waals surface area contributed by atoms with Crippen molar-refractivity contribution in [3.63, 3.8) is 0 Å². The smallest absolute Gasteiger partial charge is 0.132 e. The zero-order valence-electron chi connectivity index (χ0n) is 27.2. The first-order valence-corrected chi connectivity index (χ1v) is 17.0. The molecule has 0 saturated heterocycles. The van der Waals surface area contributed by atoms with Crippen molar-refractivity contribution < 1.29 is 14.3 Å². The third kappa shape index (κ3) is 23.5. The van der Waals surface area contributed by atoms with Crippen LogP contribution in [0, 0.1) is 17.3 Å². The minimum atomic E-state index is 0.364. The molecule has 0 radical (unpaired) electrons. The van der Waals surface area contributed by atoms with Crippen molar-refractivity contribution in [2.75, 3.05) is 19.8 Å². The number of carbonyl (C=O) groups excluding carboxylic acids is 1. The van der Waals surface area contributed by atoms with Gasteiger partial charge in [0.1, 0.15) is 5.78 Å². The molecule has 0 saturated carbocycles. The van der Waals surface area contributed by atoms with Gasteiger partial charge in [-0.25, -0.2) is 0 Å². The highest BCUT2D eigenvalue weighted by Crippen LogP contribution is 2.32. The molecule has 3 nitrogen and oxygen atoms in total. The van der Waals surface area contributed by atoms with Crippen LogP contribution in [0.25, 0.3) is 0 Å². The Kier molecular flexibility index (Phi) is 25.3. The summed E-state index contributed by atoms with van der Waals surface area (Å²) in [5.41, 5.74) is 0.415. The Labute approximate surface area is 240 Å². The maximum atomic E-state index is 12.3. The number of hydrogen-bond donors (Lipinski definition) is 0. The summed E-state index contributed by atoms with van der Waals surface area (Å²) < 4.78 is 11.8. The molecule has 0 rings (SSSR count). The Hall–Kier alpha value is -0.410. The van der Waals surface area contributed by atoms with E-state index in [0.717, 1.165) is 51.2 Å². The quantitative estimate of drug-likeness (QED) is 0.0888. The monoisotopic (exact) mass is 539 g/mol. The van der Waals surface area contributed by atoms with E-state index in [1.54, 1.807) is 0 Å². The van der Waals surface area contributed by atoms with E-state index in [1.807, 2.05) is 6.92 Å². The molecule has 3 heteroatoms. The molecule has 0 N–H and O–H groups in total. The molecule has 0 spiro atoms. The fourth-order valence-electron chi connectivity index (χ4n) is 5.81. The second-order valence-corrected chi connectivity index (χ2v) is 13.1. The average Bonchev–Trinajstić information content (AvgIpc) is 2.88. The lowest BCUT2D eigenvalue weighted by molar-refractivity contribution is -0.119. The third-order valence-electron chi connectivity index (χ3n) is 8.51. The number of ether oxygens (including phenoxy) is 2. The zero-order valence-corrected chi connectivity index (χ0v) is 27.2. The van der Waals surface area contributed by atoms with Crippen LogP contribution < -0.4 is 0 Å². The van der Waals surface area contributed by atoms with Gasteiger partial charge in [0.2, 0.25) is 0 Å². The Morgan fingerprint density at radius 1 is 0.711 bits per heavy atom. The molecule has 0 heterocycles.